The number of hydrogen-bond acceptors (Lipinski definition) is 6. The van der Waals surface area contributed by atoms with Crippen molar-refractivity contribution in [3.63, 3.8) is 0 Å². The number of benzene rings is 2. The summed E-state index contributed by atoms with van der Waals surface area (Å²) < 4.78 is 5.60. The van der Waals surface area contributed by atoms with Crippen LogP contribution in [-0.4, -0.2) is 27.3 Å². The molecule has 0 saturated carbocycles. The lowest BCUT2D eigenvalue weighted by molar-refractivity contribution is -0.121. The van der Waals surface area contributed by atoms with Gasteiger partial charge in [-0.05, 0) is 38.1 Å². The average Bonchev–Trinajstić information content (AvgIpc) is 3.15. The molecule has 0 radical (unpaired) electrons. The summed E-state index contributed by atoms with van der Waals surface area (Å²) in [7, 11) is 0. The van der Waals surface area contributed by atoms with E-state index in [1.54, 1.807) is 31.2 Å². The summed E-state index contributed by atoms with van der Waals surface area (Å²) >= 11 is 1.11. The predicted molar refractivity (Wildman–Crippen MR) is 102 cm³/mol. The Bertz CT molecular complexity index is 926. The van der Waals surface area contributed by atoms with Gasteiger partial charge in [0.15, 0.2) is 0 Å². The summed E-state index contributed by atoms with van der Waals surface area (Å²) in [4.78, 5) is 24.1. The quantitative estimate of drug-likeness (QED) is 0.520. The van der Waals surface area contributed by atoms with Crippen molar-refractivity contribution in [1.82, 2.24) is 21.0 Å². The molecule has 0 spiro atoms. The van der Waals surface area contributed by atoms with Crippen LogP contribution in [0.2, 0.25) is 0 Å². The molecule has 1 aromatic heterocycles. The highest BCUT2D eigenvalue weighted by Crippen LogP contribution is 2.26. The van der Waals surface area contributed by atoms with Gasteiger partial charge in [0, 0.05) is 11.1 Å². The summed E-state index contributed by atoms with van der Waals surface area (Å²) in [5, 5.41) is 7.71. The fourth-order valence-electron chi connectivity index (χ4n) is 2.16. The van der Waals surface area contributed by atoms with Crippen molar-refractivity contribution in [2.75, 3.05) is 0 Å². The van der Waals surface area contributed by atoms with E-state index in [1.807, 2.05) is 37.3 Å². The molecule has 2 aromatic carbocycles. The van der Waals surface area contributed by atoms with E-state index in [4.69, 9.17) is 4.42 Å². The van der Waals surface area contributed by atoms with Gasteiger partial charge in [0.1, 0.15) is 0 Å². The number of hydrazine groups is 1. The van der Waals surface area contributed by atoms with E-state index in [9.17, 15) is 9.59 Å². The van der Waals surface area contributed by atoms with Gasteiger partial charge in [-0.1, -0.05) is 47.7 Å². The van der Waals surface area contributed by atoms with Crippen LogP contribution in [0.25, 0.3) is 11.5 Å². The first kappa shape index (κ1) is 18.7. The van der Waals surface area contributed by atoms with E-state index >= 15 is 0 Å². The van der Waals surface area contributed by atoms with Crippen LogP contribution in [0.1, 0.15) is 22.8 Å². The molecule has 3 rings (SSSR count). The summed E-state index contributed by atoms with van der Waals surface area (Å²) in [5.41, 5.74) is 7.18. The molecule has 27 heavy (non-hydrogen) atoms. The second-order valence-electron chi connectivity index (χ2n) is 5.81. The zero-order valence-electron chi connectivity index (χ0n) is 14.8. The molecule has 0 aliphatic heterocycles. The number of thioether (sulfide) groups is 1. The minimum atomic E-state index is -0.535. The second-order valence-corrected chi connectivity index (χ2v) is 7.10. The molecule has 0 unspecified atom stereocenters. The second kappa shape index (κ2) is 8.50. The molecular formula is C19H18N4O3S. The van der Waals surface area contributed by atoms with E-state index < -0.39 is 5.25 Å². The van der Waals surface area contributed by atoms with Crippen molar-refractivity contribution in [1.29, 1.82) is 0 Å². The highest BCUT2D eigenvalue weighted by atomic mass is 32.2. The van der Waals surface area contributed by atoms with E-state index in [1.165, 1.54) is 0 Å². The Morgan fingerprint density at radius 2 is 1.70 bits per heavy atom. The van der Waals surface area contributed by atoms with Gasteiger partial charge in [-0.25, -0.2) is 0 Å². The first-order chi connectivity index (χ1) is 13.0. The van der Waals surface area contributed by atoms with Gasteiger partial charge in [-0.2, -0.15) is 0 Å². The smallest absolute Gasteiger partial charge is 0.277 e. The van der Waals surface area contributed by atoms with Crippen molar-refractivity contribution in [2.45, 2.75) is 24.3 Å². The van der Waals surface area contributed by atoms with Crippen LogP contribution >= 0.6 is 11.8 Å². The van der Waals surface area contributed by atoms with Gasteiger partial charge in [-0.3, -0.25) is 20.4 Å². The standard InChI is InChI=1S/C19H18N4O3S/c1-12-8-10-15(11-9-12)18-22-23-19(26-18)27-13(2)16(24)20-21-17(25)14-6-4-3-5-7-14/h3-11,13H,1-2H3,(H,20,24)(H,21,25)/t13-/m0/s1. The Hall–Kier alpha value is -3.13. The first-order valence-corrected chi connectivity index (χ1v) is 9.13. The van der Waals surface area contributed by atoms with Crippen LogP contribution in [0.4, 0.5) is 0 Å². The molecule has 1 atom stereocenters. The summed E-state index contributed by atoms with van der Waals surface area (Å²) in [6.45, 7) is 3.68. The summed E-state index contributed by atoms with van der Waals surface area (Å²) in [5.74, 6) is -0.373. The number of carbonyl (C=O) groups excluding carboxylic acids is 2. The molecule has 2 amide bonds. The minimum Gasteiger partial charge on any atom is -0.411 e. The number of nitrogens with zero attached hydrogens (tertiary/aromatic N) is 2. The molecule has 138 valence electrons. The normalized spacial score (nSPS) is 11.6. The van der Waals surface area contributed by atoms with Crippen molar-refractivity contribution >= 4 is 23.6 Å². The molecular weight excluding hydrogens is 364 g/mol. The van der Waals surface area contributed by atoms with Crippen LogP contribution < -0.4 is 10.9 Å². The number of hydrogen-bond donors (Lipinski definition) is 2. The van der Waals surface area contributed by atoms with Crippen LogP contribution in [0.5, 0.6) is 0 Å². The van der Waals surface area contributed by atoms with Crippen LogP contribution in [-0.2, 0) is 4.79 Å². The van der Waals surface area contributed by atoms with E-state index in [-0.39, 0.29) is 17.0 Å². The predicted octanol–water partition coefficient (Wildman–Crippen LogP) is 2.99. The molecule has 0 bridgehead atoms. The average molecular weight is 382 g/mol. The lowest BCUT2D eigenvalue weighted by Gasteiger charge is -2.10. The number of aryl methyl sites for hydroxylation is 1. The lowest BCUT2D eigenvalue weighted by Crippen LogP contribution is -2.44. The third-order valence-electron chi connectivity index (χ3n) is 3.69. The largest absolute Gasteiger partial charge is 0.411 e. The van der Waals surface area contributed by atoms with Gasteiger partial charge < -0.3 is 4.42 Å². The molecule has 0 saturated heterocycles. The maximum Gasteiger partial charge on any atom is 0.277 e. The number of carbonyl (C=O) groups is 2. The van der Waals surface area contributed by atoms with E-state index in [0.29, 0.717) is 11.5 Å². The third kappa shape index (κ3) is 4.95. The molecule has 0 fully saturated rings. The van der Waals surface area contributed by atoms with Gasteiger partial charge in [0.2, 0.25) is 5.89 Å². The topological polar surface area (TPSA) is 97.1 Å². The van der Waals surface area contributed by atoms with Crippen molar-refractivity contribution in [3.05, 3.63) is 65.7 Å². The summed E-state index contributed by atoms with van der Waals surface area (Å²) in [6, 6.07) is 16.3. The highest BCUT2D eigenvalue weighted by molar-refractivity contribution is 8.00. The van der Waals surface area contributed by atoms with Crippen LogP contribution in [0.15, 0.2) is 64.2 Å². The van der Waals surface area contributed by atoms with E-state index in [2.05, 4.69) is 21.0 Å². The van der Waals surface area contributed by atoms with Gasteiger partial charge in [0.05, 0.1) is 5.25 Å². The Labute approximate surface area is 160 Å². The highest BCUT2D eigenvalue weighted by Gasteiger charge is 2.19. The minimum absolute atomic E-state index is 0.280. The molecule has 0 aliphatic rings. The summed E-state index contributed by atoms with van der Waals surface area (Å²) in [6.07, 6.45) is 0. The first-order valence-electron chi connectivity index (χ1n) is 8.25. The number of amides is 2. The van der Waals surface area contributed by atoms with Crippen molar-refractivity contribution < 1.29 is 14.0 Å². The van der Waals surface area contributed by atoms with Crippen molar-refractivity contribution in [3.8, 4) is 11.5 Å². The monoisotopic (exact) mass is 382 g/mol. The molecule has 8 heteroatoms. The maximum atomic E-state index is 12.2. The van der Waals surface area contributed by atoms with Crippen LogP contribution in [0.3, 0.4) is 0 Å². The number of rotatable bonds is 5. The zero-order valence-corrected chi connectivity index (χ0v) is 15.6. The van der Waals surface area contributed by atoms with Gasteiger partial charge >= 0.3 is 0 Å². The Morgan fingerprint density at radius 1 is 1.00 bits per heavy atom. The Morgan fingerprint density at radius 3 is 2.41 bits per heavy atom. The van der Waals surface area contributed by atoms with Crippen LogP contribution in [0, 0.1) is 6.92 Å². The molecule has 3 aromatic rings. The van der Waals surface area contributed by atoms with Gasteiger partial charge in [0.25, 0.3) is 17.0 Å². The maximum absolute atomic E-state index is 12.2. The number of nitrogens with one attached hydrogen (secondary N) is 2. The zero-order chi connectivity index (χ0) is 19.2. The molecule has 0 aliphatic carbocycles. The lowest BCUT2D eigenvalue weighted by atomic mass is 10.1. The van der Waals surface area contributed by atoms with Crippen molar-refractivity contribution in [2.24, 2.45) is 0 Å². The fraction of sp³-hybridized carbons (Fsp3) is 0.158. The molecule has 1 heterocycles. The number of aromatic nitrogens is 2. The Balaban J connectivity index is 1.54. The van der Waals surface area contributed by atoms with Gasteiger partial charge in [-0.15, -0.1) is 10.2 Å². The fourth-order valence-corrected chi connectivity index (χ4v) is 2.84. The Kier molecular flexibility index (Phi) is 5.87. The van der Waals surface area contributed by atoms with E-state index in [0.717, 1.165) is 22.9 Å². The molecule has 7 nitrogen and oxygen atoms in total. The molecule has 2 N–H and O–H groups in total. The SMILES string of the molecule is Cc1ccc(-c2nnc(S[C@@H](C)C(=O)NNC(=O)c3ccccc3)o2)cc1. The third-order valence-corrected chi connectivity index (χ3v) is 4.62.